The van der Waals surface area contributed by atoms with Gasteiger partial charge in [0.15, 0.2) is 0 Å². The quantitative estimate of drug-likeness (QED) is 0.403. The number of methoxy groups -OCH3 is 1. The number of rotatable bonds is 5. The van der Waals surface area contributed by atoms with Gasteiger partial charge in [0.2, 0.25) is 5.91 Å². The summed E-state index contributed by atoms with van der Waals surface area (Å²) in [4.78, 5) is 32.2. The predicted molar refractivity (Wildman–Crippen MR) is 129 cm³/mol. The third-order valence-electron chi connectivity index (χ3n) is 6.09. The Labute approximate surface area is 195 Å². The lowest BCUT2D eigenvalue weighted by Gasteiger charge is -2.14. The van der Waals surface area contributed by atoms with E-state index in [9.17, 15) is 9.59 Å². The van der Waals surface area contributed by atoms with Crippen molar-refractivity contribution in [3.63, 3.8) is 0 Å². The highest BCUT2D eigenvalue weighted by atomic mass is 32.1. The van der Waals surface area contributed by atoms with E-state index in [4.69, 9.17) is 9.47 Å². The van der Waals surface area contributed by atoms with E-state index in [2.05, 4.69) is 4.98 Å². The fourth-order valence-electron chi connectivity index (χ4n) is 4.37. The van der Waals surface area contributed by atoms with Gasteiger partial charge in [-0.15, -0.1) is 11.3 Å². The lowest BCUT2D eigenvalue weighted by molar-refractivity contribution is 0.0728. The van der Waals surface area contributed by atoms with Gasteiger partial charge in [0, 0.05) is 50.0 Å². The molecule has 4 aromatic rings. The predicted octanol–water partition coefficient (Wildman–Crippen LogP) is 5.26. The first kappa shape index (κ1) is 21.6. The Morgan fingerprint density at radius 3 is 2.82 bits per heavy atom. The molecule has 1 saturated heterocycles. The molecule has 1 aliphatic rings. The van der Waals surface area contributed by atoms with Crippen molar-refractivity contribution in [3.05, 3.63) is 53.2 Å². The summed E-state index contributed by atoms with van der Waals surface area (Å²) < 4.78 is 14.2. The molecule has 8 heteroatoms. The molecule has 1 aliphatic heterocycles. The van der Waals surface area contributed by atoms with Crippen LogP contribution in [-0.4, -0.2) is 52.6 Å². The van der Waals surface area contributed by atoms with Gasteiger partial charge in [0.1, 0.15) is 11.5 Å². The average molecular weight is 464 g/mol. The summed E-state index contributed by atoms with van der Waals surface area (Å²) in [5, 5.41) is 0.945. The topological polar surface area (TPSA) is 73.7 Å². The summed E-state index contributed by atoms with van der Waals surface area (Å²) in [6, 6.07) is 11.3. The molecule has 1 amide bonds. The van der Waals surface area contributed by atoms with Gasteiger partial charge < -0.3 is 14.4 Å². The van der Waals surface area contributed by atoms with Gasteiger partial charge >= 0.3 is 0 Å². The number of hydrogen-bond acceptors (Lipinski definition) is 6. The highest BCUT2D eigenvalue weighted by Gasteiger charge is 2.28. The Kier molecular flexibility index (Phi) is 5.64. The number of likely N-dealkylation sites (tertiary alicyclic amines) is 1. The molecule has 7 nitrogen and oxygen atoms in total. The number of nitrogens with zero attached hydrogens (tertiary/aromatic N) is 3. The van der Waals surface area contributed by atoms with E-state index >= 15 is 0 Å². The Balaban J connectivity index is 1.44. The number of ether oxygens (including phenoxy) is 2. The normalized spacial score (nSPS) is 16.1. The lowest BCUT2D eigenvalue weighted by Crippen LogP contribution is -2.29. The Morgan fingerprint density at radius 1 is 1.21 bits per heavy atom. The molecular formula is C25H25N3O4S. The van der Waals surface area contributed by atoms with Crippen molar-refractivity contribution in [2.45, 2.75) is 32.8 Å². The minimum Gasteiger partial charge on any atom is -0.456 e. The fraction of sp³-hybridized carbons (Fsp3) is 0.320. The number of hydrogen-bond donors (Lipinski definition) is 0. The first-order valence-corrected chi connectivity index (χ1v) is 11.8. The zero-order chi connectivity index (χ0) is 23.1. The molecule has 1 unspecified atom stereocenters. The number of fused-ring (bicyclic) bond motifs is 2. The zero-order valence-corrected chi connectivity index (χ0v) is 19.6. The second-order valence-electron chi connectivity index (χ2n) is 8.22. The summed E-state index contributed by atoms with van der Waals surface area (Å²) in [6.07, 6.45) is 3.09. The van der Waals surface area contributed by atoms with Crippen molar-refractivity contribution in [3.8, 4) is 11.5 Å². The number of aromatic nitrogens is 2. The Hall–Kier alpha value is -3.23. The van der Waals surface area contributed by atoms with Gasteiger partial charge in [0.25, 0.3) is 5.91 Å². The van der Waals surface area contributed by atoms with Crippen LogP contribution in [0.1, 0.15) is 39.9 Å². The molecule has 4 heterocycles. The van der Waals surface area contributed by atoms with E-state index in [1.807, 2.05) is 55.1 Å². The Morgan fingerprint density at radius 2 is 2.06 bits per heavy atom. The van der Waals surface area contributed by atoms with Crippen LogP contribution in [0.15, 0.2) is 42.6 Å². The van der Waals surface area contributed by atoms with Crippen LogP contribution in [0.5, 0.6) is 11.5 Å². The molecule has 0 bridgehead atoms. The van der Waals surface area contributed by atoms with Gasteiger partial charge in [-0.05, 0) is 43.7 Å². The summed E-state index contributed by atoms with van der Waals surface area (Å²) in [5.74, 6) is 1.39. The standard InChI is InChI=1S/C25H25N3O4S/c1-4-23(29)28-15(2)11-16-12-17(5-6-20(16)28)32-21-7-9-26-19-13-22(33-24(19)21)25(30)27-10-8-18(14-27)31-3/h5-7,9,11-13,18H,4,8,10,14H2,1-3H3. The van der Waals surface area contributed by atoms with Crippen molar-refractivity contribution in [2.24, 2.45) is 0 Å². The van der Waals surface area contributed by atoms with E-state index in [1.54, 1.807) is 17.9 Å². The highest BCUT2D eigenvalue weighted by molar-refractivity contribution is 7.21. The molecule has 3 aromatic heterocycles. The molecule has 33 heavy (non-hydrogen) atoms. The van der Waals surface area contributed by atoms with Crippen LogP contribution in [-0.2, 0) is 4.74 Å². The maximum absolute atomic E-state index is 13.0. The van der Waals surface area contributed by atoms with E-state index in [-0.39, 0.29) is 17.9 Å². The van der Waals surface area contributed by atoms with E-state index in [1.165, 1.54) is 11.3 Å². The van der Waals surface area contributed by atoms with Crippen LogP contribution in [0.3, 0.4) is 0 Å². The number of thiophene rings is 1. The first-order valence-electron chi connectivity index (χ1n) is 11.0. The van der Waals surface area contributed by atoms with Crippen molar-refractivity contribution in [1.82, 2.24) is 14.5 Å². The van der Waals surface area contributed by atoms with Crippen molar-refractivity contribution >= 4 is 44.3 Å². The smallest absolute Gasteiger partial charge is 0.264 e. The van der Waals surface area contributed by atoms with Gasteiger partial charge in [-0.2, -0.15) is 0 Å². The van der Waals surface area contributed by atoms with Crippen molar-refractivity contribution < 1.29 is 19.1 Å². The van der Waals surface area contributed by atoms with Crippen molar-refractivity contribution in [1.29, 1.82) is 0 Å². The van der Waals surface area contributed by atoms with Gasteiger partial charge in [-0.1, -0.05) is 6.92 Å². The molecule has 1 aromatic carbocycles. The molecule has 0 spiro atoms. The molecule has 0 radical (unpaired) electrons. The van der Waals surface area contributed by atoms with Gasteiger partial charge in [-0.25, -0.2) is 0 Å². The lowest BCUT2D eigenvalue weighted by atomic mass is 10.2. The Bertz CT molecular complexity index is 1370. The van der Waals surface area contributed by atoms with Crippen molar-refractivity contribution in [2.75, 3.05) is 20.2 Å². The van der Waals surface area contributed by atoms with Crippen LogP contribution in [0, 0.1) is 6.92 Å². The first-order chi connectivity index (χ1) is 16.0. The molecule has 0 aliphatic carbocycles. The number of benzene rings is 1. The SMILES string of the molecule is CCC(=O)n1c(C)cc2cc(Oc3ccnc4cc(C(=O)N5CCC(OC)C5)sc34)ccc21. The number of amides is 1. The van der Waals surface area contributed by atoms with Crippen LogP contribution in [0.4, 0.5) is 0 Å². The highest BCUT2D eigenvalue weighted by Crippen LogP contribution is 2.36. The average Bonchev–Trinajstić information content (AvgIpc) is 3.54. The minimum atomic E-state index is 0.00215. The van der Waals surface area contributed by atoms with Gasteiger partial charge in [0.05, 0.1) is 26.7 Å². The third kappa shape index (κ3) is 3.89. The number of carbonyl (C=O) groups excluding carboxylic acids is 2. The monoisotopic (exact) mass is 463 g/mol. The molecule has 1 atom stereocenters. The fourth-order valence-corrected chi connectivity index (χ4v) is 5.41. The summed E-state index contributed by atoms with van der Waals surface area (Å²) in [5.41, 5.74) is 2.51. The minimum absolute atomic E-state index is 0.00215. The molecule has 1 fully saturated rings. The molecule has 0 N–H and O–H groups in total. The zero-order valence-electron chi connectivity index (χ0n) is 18.8. The van der Waals surface area contributed by atoms with Gasteiger partial charge in [-0.3, -0.25) is 19.1 Å². The van der Waals surface area contributed by atoms with E-state index in [0.29, 0.717) is 35.9 Å². The van der Waals surface area contributed by atoms with Crippen LogP contribution in [0.2, 0.25) is 0 Å². The largest absolute Gasteiger partial charge is 0.456 e. The second kappa shape index (κ2) is 8.61. The number of pyridine rings is 1. The number of carbonyl (C=O) groups is 2. The van der Waals surface area contributed by atoms with Crippen LogP contribution >= 0.6 is 11.3 Å². The van der Waals surface area contributed by atoms with E-state index in [0.717, 1.165) is 33.2 Å². The number of aryl methyl sites for hydroxylation is 1. The molecule has 0 saturated carbocycles. The summed E-state index contributed by atoms with van der Waals surface area (Å²) in [7, 11) is 1.68. The molecule has 170 valence electrons. The maximum Gasteiger partial charge on any atom is 0.264 e. The summed E-state index contributed by atoms with van der Waals surface area (Å²) in [6.45, 7) is 5.10. The summed E-state index contributed by atoms with van der Waals surface area (Å²) >= 11 is 1.40. The van der Waals surface area contributed by atoms with E-state index < -0.39 is 0 Å². The van der Waals surface area contributed by atoms with Crippen LogP contribution < -0.4 is 4.74 Å². The second-order valence-corrected chi connectivity index (χ2v) is 9.27. The van der Waals surface area contributed by atoms with Crippen LogP contribution in [0.25, 0.3) is 21.1 Å². The molecular weight excluding hydrogens is 438 g/mol. The molecule has 5 rings (SSSR count). The third-order valence-corrected chi connectivity index (χ3v) is 7.22. The maximum atomic E-state index is 13.0.